The molecule has 1 aliphatic heterocycles. The molecule has 0 aromatic heterocycles. The van der Waals surface area contributed by atoms with Gasteiger partial charge in [0.25, 0.3) is 0 Å². The zero-order valence-corrected chi connectivity index (χ0v) is 16.3. The van der Waals surface area contributed by atoms with E-state index in [9.17, 15) is 4.39 Å². The number of unbranched alkanes of at least 4 members (excludes halogenated alkanes) is 1. The molecule has 2 N–H and O–H groups in total. The minimum absolute atomic E-state index is 0.165. The van der Waals surface area contributed by atoms with Gasteiger partial charge in [-0.2, -0.15) is 0 Å². The first kappa shape index (κ1) is 20.5. The van der Waals surface area contributed by atoms with Gasteiger partial charge in [0.15, 0.2) is 17.5 Å². The molecular formula is C20H33FN4O. The van der Waals surface area contributed by atoms with E-state index in [-0.39, 0.29) is 17.7 Å². The molecule has 1 aromatic rings. The third kappa shape index (κ3) is 6.83. The van der Waals surface area contributed by atoms with E-state index in [1.54, 1.807) is 25.2 Å². The number of guanidine groups is 1. The number of nitrogens with one attached hydrogen (secondary N) is 2. The van der Waals surface area contributed by atoms with E-state index >= 15 is 0 Å². The summed E-state index contributed by atoms with van der Waals surface area (Å²) in [6.07, 6.45) is 4.63. The number of nitrogens with zero attached hydrogens (tertiary/aromatic N) is 2. The van der Waals surface area contributed by atoms with Gasteiger partial charge < -0.3 is 20.3 Å². The van der Waals surface area contributed by atoms with Gasteiger partial charge in [-0.25, -0.2) is 4.39 Å². The molecule has 0 bridgehead atoms. The standard InChI is InChI=1S/C20H33FN4O/c1-4-5-12-25-13-10-17(11-14-25)24-20(22-3)23-15-16(2)26-19-9-7-6-8-18(19)21/h6-9,16-17H,4-5,10-15H2,1-3H3,(H2,22,23,24). The molecule has 1 aliphatic rings. The summed E-state index contributed by atoms with van der Waals surface area (Å²) in [5, 5.41) is 6.77. The summed E-state index contributed by atoms with van der Waals surface area (Å²) >= 11 is 0. The topological polar surface area (TPSA) is 48.9 Å². The van der Waals surface area contributed by atoms with E-state index in [2.05, 4.69) is 27.4 Å². The molecule has 0 amide bonds. The van der Waals surface area contributed by atoms with E-state index in [0.29, 0.717) is 12.6 Å². The second-order valence-electron chi connectivity index (χ2n) is 6.93. The van der Waals surface area contributed by atoms with Crippen molar-refractivity contribution < 1.29 is 9.13 Å². The molecule has 146 valence electrons. The van der Waals surface area contributed by atoms with E-state index in [4.69, 9.17) is 4.74 Å². The van der Waals surface area contributed by atoms with Crippen LogP contribution in [0.1, 0.15) is 39.5 Å². The number of ether oxygens (including phenoxy) is 1. The molecule has 1 fully saturated rings. The van der Waals surface area contributed by atoms with Crippen molar-refractivity contribution in [2.24, 2.45) is 4.99 Å². The molecule has 0 aliphatic carbocycles. The summed E-state index contributed by atoms with van der Waals surface area (Å²) < 4.78 is 19.3. The molecule has 1 aromatic carbocycles. The molecule has 1 saturated heterocycles. The Morgan fingerprint density at radius 3 is 2.73 bits per heavy atom. The van der Waals surface area contributed by atoms with Gasteiger partial charge in [0, 0.05) is 26.2 Å². The molecule has 1 atom stereocenters. The van der Waals surface area contributed by atoms with Gasteiger partial charge in [-0.1, -0.05) is 25.5 Å². The van der Waals surface area contributed by atoms with Gasteiger partial charge in [0.05, 0.1) is 6.54 Å². The lowest BCUT2D eigenvalue weighted by atomic mass is 10.0. The minimum Gasteiger partial charge on any atom is -0.486 e. The Morgan fingerprint density at radius 2 is 2.08 bits per heavy atom. The third-order valence-electron chi connectivity index (χ3n) is 4.70. The normalized spacial score (nSPS) is 17.8. The van der Waals surface area contributed by atoms with E-state index in [0.717, 1.165) is 31.9 Å². The van der Waals surface area contributed by atoms with E-state index in [1.165, 1.54) is 25.5 Å². The Balaban J connectivity index is 1.70. The van der Waals surface area contributed by atoms with Gasteiger partial charge in [-0.15, -0.1) is 0 Å². The monoisotopic (exact) mass is 364 g/mol. The molecular weight excluding hydrogens is 331 g/mol. The second-order valence-corrected chi connectivity index (χ2v) is 6.93. The summed E-state index contributed by atoms with van der Waals surface area (Å²) in [7, 11) is 1.77. The molecule has 26 heavy (non-hydrogen) atoms. The summed E-state index contributed by atoms with van der Waals surface area (Å²) in [4.78, 5) is 6.84. The molecule has 5 nitrogen and oxygen atoms in total. The van der Waals surface area contributed by atoms with Crippen LogP contribution < -0.4 is 15.4 Å². The molecule has 0 spiro atoms. The fraction of sp³-hybridized carbons (Fsp3) is 0.650. The van der Waals surface area contributed by atoms with Gasteiger partial charge in [-0.3, -0.25) is 4.99 Å². The number of hydrogen-bond donors (Lipinski definition) is 2. The van der Waals surface area contributed by atoms with Crippen molar-refractivity contribution in [1.82, 2.24) is 15.5 Å². The Labute approximate surface area is 157 Å². The van der Waals surface area contributed by atoms with Gasteiger partial charge in [0.2, 0.25) is 0 Å². The highest BCUT2D eigenvalue weighted by Gasteiger charge is 2.19. The van der Waals surface area contributed by atoms with Crippen LogP contribution in [0.25, 0.3) is 0 Å². The molecule has 1 unspecified atom stereocenters. The molecule has 2 rings (SSSR count). The van der Waals surface area contributed by atoms with E-state index in [1.807, 2.05) is 6.92 Å². The van der Waals surface area contributed by atoms with Gasteiger partial charge in [0.1, 0.15) is 6.10 Å². The van der Waals surface area contributed by atoms with Crippen LogP contribution in [-0.2, 0) is 0 Å². The van der Waals surface area contributed by atoms with Crippen molar-refractivity contribution in [2.45, 2.75) is 51.7 Å². The number of piperidine rings is 1. The summed E-state index contributed by atoms with van der Waals surface area (Å²) in [5.41, 5.74) is 0. The lowest BCUT2D eigenvalue weighted by Crippen LogP contribution is -2.50. The predicted octanol–water partition coefficient (Wildman–Crippen LogP) is 3.02. The zero-order chi connectivity index (χ0) is 18.8. The Kier molecular flexibility index (Phi) is 8.68. The van der Waals surface area contributed by atoms with Crippen LogP contribution in [0.2, 0.25) is 0 Å². The number of hydrogen-bond acceptors (Lipinski definition) is 3. The number of halogens is 1. The van der Waals surface area contributed by atoms with Crippen LogP contribution in [-0.4, -0.2) is 56.2 Å². The van der Waals surface area contributed by atoms with Gasteiger partial charge in [-0.05, 0) is 44.9 Å². The second kappa shape index (κ2) is 11.0. The Bertz CT molecular complexity index is 558. The van der Waals surface area contributed by atoms with Crippen LogP contribution in [0.5, 0.6) is 5.75 Å². The fourth-order valence-corrected chi connectivity index (χ4v) is 3.11. The number of likely N-dealkylation sites (tertiary alicyclic amines) is 1. The first-order chi connectivity index (χ1) is 12.6. The number of rotatable bonds is 8. The van der Waals surface area contributed by atoms with Gasteiger partial charge >= 0.3 is 0 Å². The summed E-state index contributed by atoms with van der Waals surface area (Å²) in [6, 6.07) is 6.92. The average molecular weight is 365 g/mol. The minimum atomic E-state index is -0.336. The van der Waals surface area contributed by atoms with Crippen molar-refractivity contribution in [2.75, 3.05) is 33.2 Å². The van der Waals surface area contributed by atoms with Crippen molar-refractivity contribution in [3.8, 4) is 5.75 Å². The maximum absolute atomic E-state index is 13.6. The van der Waals surface area contributed by atoms with Crippen molar-refractivity contribution >= 4 is 5.96 Å². The zero-order valence-electron chi connectivity index (χ0n) is 16.3. The maximum Gasteiger partial charge on any atom is 0.191 e. The summed E-state index contributed by atoms with van der Waals surface area (Å²) in [6.45, 7) is 8.20. The van der Waals surface area contributed by atoms with Crippen molar-refractivity contribution in [3.63, 3.8) is 0 Å². The average Bonchev–Trinajstić information content (AvgIpc) is 2.66. The van der Waals surface area contributed by atoms with Crippen molar-refractivity contribution in [3.05, 3.63) is 30.1 Å². The molecule has 6 heteroatoms. The Hall–Kier alpha value is -1.82. The van der Waals surface area contributed by atoms with Crippen molar-refractivity contribution in [1.29, 1.82) is 0 Å². The number of benzene rings is 1. The third-order valence-corrected chi connectivity index (χ3v) is 4.70. The summed E-state index contributed by atoms with van der Waals surface area (Å²) in [5.74, 6) is 0.724. The first-order valence-corrected chi connectivity index (χ1v) is 9.73. The highest BCUT2D eigenvalue weighted by molar-refractivity contribution is 5.80. The quantitative estimate of drug-likeness (QED) is 0.550. The SMILES string of the molecule is CCCCN1CCC(NC(=NC)NCC(C)Oc2ccccc2F)CC1. The lowest BCUT2D eigenvalue weighted by molar-refractivity contribution is 0.201. The molecule has 0 radical (unpaired) electrons. The first-order valence-electron chi connectivity index (χ1n) is 9.73. The maximum atomic E-state index is 13.6. The lowest BCUT2D eigenvalue weighted by Gasteiger charge is -2.33. The number of aliphatic imine (C=N–C) groups is 1. The highest BCUT2D eigenvalue weighted by atomic mass is 19.1. The highest BCUT2D eigenvalue weighted by Crippen LogP contribution is 2.16. The molecule has 1 heterocycles. The van der Waals surface area contributed by atoms with Crippen LogP contribution in [0.4, 0.5) is 4.39 Å². The smallest absolute Gasteiger partial charge is 0.191 e. The fourth-order valence-electron chi connectivity index (χ4n) is 3.11. The van der Waals surface area contributed by atoms with E-state index < -0.39 is 0 Å². The largest absolute Gasteiger partial charge is 0.486 e. The van der Waals surface area contributed by atoms with Crippen LogP contribution >= 0.6 is 0 Å². The molecule has 0 saturated carbocycles. The van der Waals surface area contributed by atoms with Crippen LogP contribution in [0.15, 0.2) is 29.3 Å². The Morgan fingerprint density at radius 1 is 1.35 bits per heavy atom. The van der Waals surface area contributed by atoms with Crippen LogP contribution in [0, 0.1) is 5.82 Å². The van der Waals surface area contributed by atoms with Crippen LogP contribution in [0.3, 0.4) is 0 Å². The number of para-hydroxylation sites is 1. The predicted molar refractivity (Wildman–Crippen MR) is 105 cm³/mol.